The number of hydrogen-bond donors (Lipinski definition) is 2. The molecule has 0 saturated heterocycles. The van der Waals surface area contributed by atoms with Crippen molar-refractivity contribution in [2.24, 2.45) is 0 Å². The van der Waals surface area contributed by atoms with Crippen molar-refractivity contribution in [2.75, 3.05) is 18.1 Å². The molecule has 4 nitrogen and oxygen atoms in total. The average Bonchev–Trinajstić information content (AvgIpc) is 2.29. The molecule has 0 saturated carbocycles. The lowest BCUT2D eigenvalue weighted by atomic mass is 10.1. The fourth-order valence-electron chi connectivity index (χ4n) is 1.58. The van der Waals surface area contributed by atoms with Crippen LogP contribution >= 0.6 is 0 Å². The molecule has 0 aliphatic heterocycles. The first-order valence-corrected chi connectivity index (χ1v) is 5.09. The van der Waals surface area contributed by atoms with Crippen molar-refractivity contribution in [2.45, 2.75) is 6.92 Å². The van der Waals surface area contributed by atoms with Gasteiger partial charge in [0.2, 0.25) is 0 Å². The van der Waals surface area contributed by atoms with Gasteiger partial charge in [-0.3, -0.25) is 0 Å². The van der Waals surface area contributed by atoms with Gasteiger partial charge < -0.3 is 11.1 Å². The van der Waals surface area contributed by atoms with Gasteiger partial charge in [-0.25, -0.2) is 9.97 Å². The molecule has 4 heteroatoms. The van der Waals surface area contributed by atoms with Gasteiger partial charge in [0, 0.05) is 18.3 Å². The molecular weight excluding hydrogens is 200 g/mol. The largest absolute Gasteiger partial charge is 0.384 e. The molecule has 0 radical (unpaired) electrons. The Bertz CT molecular complexity index is 508. The number of pyridine rings is 2. The maximum absolute atomic E-state index is 5.62. The van der Waals surface area contributed by atoms with Gasteiger partial charge in [0.25, 0.3) is 0 Å². The van der Waals surface area contributed by atoms with E-state index in [0.29, 0.717) is 5.82 Å². The Hall–Kier alpha value is -2.10. The summed E-state index contributed by atoms with van der Waals surface area (Å²) in [5.74, 6) is 1.37. The molecular formula is C12H14N4. The zero-order valence-corrected chi connectivity index (χ0v) is 9.36. The summed E-state index contributed by atoms with van der Waals surface area (Å²) in [6.07, 6.45) is 0. The Balaban J connectivity index is 2.49. The maximum Gasteiger partial charge on any atom is 0.126 e. The number of nitrogens with two attached hydrogens (primary N) is 1. The SMILES string of the molecule is CNc1cccc(-c2ccc(N)nc2C)n1. The van der Waals surface area contributed by atoms with Crippen molar-refractivity contribution in [1.82, 2.24) is 9.97 Å². The lowest BCUT2D eigenvalue weighted by molar-refractivity contribution is 1.19. The molecule has 2 aromatic rings. The summed E-state index contributed by atoms with van der Waals surface area (Å²) in [7, 11) is 1.85. The highest BCUT2D eigenvalue weighted by Gasteiger charge is 2.05. The number of rotatable bonds is 2. The van der Waals surface area contributed by atoms with Crippen molar-refractivity contribution >= 4 is 11.6 Å². The van der Waals surface area contributed by atoms with Gasteiger partial charge >= 0.3 is 0 Å². The zero-order valence-electron chi connectivity index (χ0n) is 9.36. The highest BCUT2D eigenvalue weighted by atomic mass is 15.0. The lowest BCUT2D eigenvalue weighted by Crippen LogP contribution is -1.97. The van der Waals surface area contributed by atoms with Crippen LogP contribution in [-0.2, 0) is 0 Å². The van der Waals surface area contributed by atoms with E-state index >= 15 is 0 Å². The summed E-state index contributed by atoms with van der Waals surface area (Å²) in [4.78, 5) is 8.68. The second-order valence-electron chi connectivity index (χ2n) is 3.53. The Morgan fingerprint density at radius 1 is 1.12 bits per heavy atom. The van der Waals surface area contributed by atoms with Crippen LogP contribution in [0.15, 0.2) is 30.3 Å². The van der Waals surface area contributed by atoms with Crippen molar-refractivity contribution in [3.05, 3.63) is 36.0 Å². The van der Waals surface area contributed by atoms with Crippen LogP contribution in [0.2, 0.25) is 0 Å². The van der Waals surface area contributed by atoms with E-state index in [-0.39, 0.29) is 0 Å². The van der Waals surface area contributed by atoms with Crippen molar-refractivity contribution in [3.8, 4) is 11.3 Å². The summed E-state index contributed by atoms with van der Waals surface area (Å²) in [5.41, 5.74) is 8.41. The molecule has 82 valence electrons. The predicted molar refractivity (Wildman–Crippen MR) is 66.2 cm³/mol. The molecule has 2 heterocycles. The predicted octanol–water partition coefficient (Wildman–Crippen LogP) is 2.08. The number of nitrogen functional groups attached to an aromatic ring is 1. The van der Waals surface area contributed by atoms with E-state index < -0.39 is 0 Å². The number of hydrogen-bond acceptors (Lipinski definition) is 4. The molecule has 0 aromatic carbocycles. The standard InChI is InChI=1S/C12H14N4/c1-8-9(6-7-11(13)15-8)10-4-3-5-12(14-2)16-10/h3-7H,1-2H3,(H2,13,15)(H,14,16). The van der Waals surface area contributed by atoms with Gasteiger partial charge in [-0.1, -0.05) is 6.07 Å². The monoisotopic (exact) mass is 214 g/mol. The van der Waals surface area contributed by atoms with Crippen molar-refractivity contribution in [1.29, 1.82) is 0 Å². The molecule has 2 aromatic heterocycles. The molecule has 0 spiro atoms. The third kappa shape index (κ3) is 1.95. The quantitative estimate of drug-likeness (QED) is 0.803. The summed E-state index contributed by atoms with van der Waals surface area (Å²) in [5, 5.41) is 3.01. The molecule has 0 bridgehead atoms. The Kier molecular flexibility index (Phi) is 2.72. The lowest BCUT2D eigenvalue weighted by Gasteiger charge is -2.07. The van der Waals surface area contributed by atoms with Gasteiger partial charge in [0.1, 0.15) is 11.6 Å². The normalized spacial score (nSPS) is 10.1. The molecule has 0 atom stereocenters. The zero-order chi connectivity index (χ0) is 11.5. The number of anilines is 2. The molecule has 0 amide bonds. The van der Waals surface area contributed by atoms with E-state index in [0.717, 1.165) is 22.8 Å². The average molecular weight is 214 g/mol. The summed E-state index contributed by atoms with van der Waals surface area (Å²) < 4.78 is 0. The first-order chi connectivity index (χ1) is 7.70. The van der Waals surface area contributed by atoms with E-state index in [9.17, 15) is 0 Å². The molecule has 0 aliphatic rings. The molecule has 3 N–H and O–H groups in total. The minimum Gasteiger partial charge on any atom is -0.384 e. The van der Waals surface area contributed by atoms with Crippen molar-refractivity contribution in [3.63, 3.8) is 0 Å². The number of nitrogens with zero attached hydrogens (tertiary/aromatic N) is 2. The van der Waals surface area contributed by atoms with Crippen LogP contribution in [0.3, 0.4) is 0 Å². The van der Waals surface area contributed by atoms with Crippen LogP contribution in [0.4, 0.5) is 11.6 Å². The highest BCUT2D eigenvalue weighted by Crippen LogP contribution is 2.22. The summed E-state index contributed by atoms with van der Waals surface area (Å²) in [6.45, 7) is 1.93. The van der Waals surface area contributed by atoms with Crippen LogP contribution in [-0.4, -0.2) is 17.0 Å². The smallest absolute Gasteiger partial charge is 0.126 e. The topological polar surface area (TPSA) is 63.8 Å². The van der Waals surface area contributed by atoms with Crippen molar-refractivity contribution < 1.29 is 0 Å². The Labute approximate surface area is 94.5 Å². The fourth-order valence-corrected chi connectivity index (χ4v) is 1.58. The first-order valence-electron chi connectivity index (χ1n) is 5.09. The number of aryl methyl sites for hydroxylation is 1. The minimum atomic E-state index is 0.533. The third-order valence-corrected chi connectivity index (χ3v) is 2.39. The Morgan fingerprint density at radius 2 is 1.94 bits per heavy atom. The second kappa shape index (κ2) is 4.18. The fraction of sp³-hybridized carbons (Fsp3) is 0.167. The van der Waals surface area contributed by atoms with Gasteiger partial charge in [0.15, 0.2) is 0 Å². The van der Waals surface area contributed by atoms with Crippen LogP contribution in [0, 0.1) is 6.92 Å². The van der Waals surface area contributed by atoms with Gasteiger partial charge in [-0.05, 0) is 31.2 Å². The van der Waals surface area contributed by atoms with Gasteiger partial charge in [0.05, 0.1) is 5.69 Å². The van der Waals surface area contributed by atoms with E-state index in [4.69, 9.17) is 5.73 Å². The number of nitrogens with one attached hydrogen (secondary N) is 1. The first kappa shape index (κ1) is 10.4. The van der Waals surface area contributed by atoms with Gasteiger partial charge in [-0.15, -0.1) is 0 Å². The van der Waals surface area contributed by atoms with E-state index in [1.807, 2.05) is 38.2 Å². The molecule has 0 unspecified atom stereocenters. The van der Waals surface area contributed by atoms with Crippen LogP contribution in [0.5, 0.6) is 0 Å². The molecule has 0 fully saturated rings. The second-order valence-corrected chi connectivity index (χ2v) is 3.53. The maximum atomic E-state index is 5.62. The van der Waals surface area contributed by atoms with Gasteiger partial charge in [-0.2, -0.15) is 0 Å². The molecule has 2 rings (SSSR count). The van der Waals surface area contributed by atoms with E-state index in [1.165, 1.54) is 0 Å². The summed E-state index contributed by atoms with van der Waals surface area (Å²) >= 11 is 0. The van der Waals surface area contributed by atoms with Crippen LogP contribution < -0.4 is 11.1 Å². The van der Waals surface area contributed by atoms with E-state index in [1.54, 1.807) is 6.07 Å². The molecule has 16 heavy (non-hydrogen) atoms. The highest BCUT2D eigenvalue weighted by molar-refractivity contribution is 5.64. The van der Waals surface area contributed by atoms with Crippen LogP contribution in [0.1, 0.15) is 5.69 Å². The summed E-state index contributed by atoms with van der Waals surface area (Å²) in [6, 6.07) is 9.57. The minimum absolute atomic E-state index is 0.533. The number of aromatic nitrogens is 2. The van der Waals surface area contributed by atoms with E-state index in [2.05, 4.69) is 15.3 Å². The van der Waals surface area contributed by atoms with Crippen LogP contribution in [0.25, 0.3) is 11.3 Å². The molecule has 0 aliphatic carbocycles. The third-order valence-electron chi connectivity index (χ3n) is 2.39. The Morgan fingerprint density at radius 3 is 2.62 bits per heavy atom.